The van der Waals surface area contributed by atoms with Crippen molar-refractivity contribution in [2.45, 2.75) is 23.8 Å². The minimum absolute atomic E-state index is 0.0546. The van der Waals surface area contributed by atoms with Gasteiger partial charge in [-0.2, -0.15) is 4.31 Å². The van der Waals surface area contributed by atoms with Crippen molar-refractivity contribution < 1.29 is 17.5 Å². The molecule has 1 aromatic carbocycles. The van der Waals surface area contributed by atoms with Crippen LogP contribution in [0.3, 0.4) is 0 Å². The number of methoxy groups -OCH3 is 1. The third kappa shape index (κ3) is 2.79. The van der Waals surface area contributed by atoms with E-state index >= 15 is 0 Å². The molecule has 1 aliphatic heterocycles. The van der Waals surface area contributed by atoms with Crippen molar-refractivity contribution in [2.24, 2.45) is 0 Å². The first-order valence-corrected chi connectivity index (χ1v) is 7.94. The number of benzene rings is 1. The van der Waals surface area contributed by atoms with Crippen molar-refractivity contribution in [3.63, 3.8) is 0 Å². The molecule has 112 valence electrons. The minimum atomic E-state index is -3.61. The molecule has 1 N–H and O–H groups in total. The standard InChI is InChI=1S/C13H19FN2O3S/c1-15-9-10-4-3-7-16(10)20(17,18)11-5-6-12(14)13(8-11)19-2/h5-6,8,10,15H,3-4,7,9H2,1-2H3. The smallest absolute Gasteiger partial charge is 0.243 e. The molecule has 1 saturated heterocycles. The SMILES string of the molecule is CNCC1CCCN1S(=O)(=O)c1ccc(F)c(OC)c1. The van der Waals surface area contributed by atoms with Gasteiger partial charge in [-0.05, 0) is 32.0 Å². The van der Waals surface area contributed by atoms with Crippen molar-refractivity contribution in [1.82, 2.24) is 9.62 Å². The fourth-order valence-corrected chi connectivity index (χ4v) is 4.21. The zero-order valence-electron chi connectivity index (χ0n) is 11.6. The number of ether oxygens (including phenoxy) is 1. The first-order valence-electron chi connectivity index (χ1n) is 6.50. The number of sulfonamides is 1. The molecule has 1 aromatic rings. The molecular weight excluding hydrogens is 283 g/mol. The van der Waals surface area contributed by atoms with Crippen molar-refractivity contribution in [3.8, 4) is 5.75 Å². The molecule has 0 spiro atoms. The summed E-state index contributed by atoms with van der Waals surface area (Å²) in [4.78, 5) is 0.0683. The Morgan fingerprint density at radius 1 is 1.50 bits per heavy atom. The van der Waals surface area contributed by atoms with Crippen LogP contribution in [0.4, 0.5) is 4.39 Å². The first kappa shape index (κ1) is 15.2. The Morgan fingerprint density at radius 3 is 2.90 bits per heavy atom. The van der Waals surface area contributed by atoms with Crippen LogP contribution in [0.15, 0.2) is 23.1 Å². The number of likely N-dealkylation sites (N-methyl/N-ethyl adjacent to an activating group) is 1. The van der Waals surface area contributed by atoms with E-state index in [1.807, 2.05) is 0 Å². The Labute approximate surface area is 118 Å². The van der Waals surface area contributed by atoms with Gasteiger partial charge in [-0.15, -0.1) is 0 Å². The molecule has 20 heavy (non-hydrogen) atoms. The van der Waals surface area contributed by atoms with E-state index in [0.717, 1.165) is 18.9 Å². The lowest BCUT2D eigenvalue weighted by atomic mass is 10.2. The van der Waals surface area contributed by atoms with E-state index in [9.17, 15) is 12.8 Å². The topological polar surface area (TPSA) is 58.6 Å². The van der Waals surface area contributed by atoms with Crippen LogP contribution in [-0.4, -0.2) is 46.0 Å². The summed E-state index contributed by atoms with van der Waals surface area (Å²) >= 11 is 0. The third-order valence-corrected chi connectivity index (χ3v) is 5.44. The van der Waals surface area contributed by atoms with Crippen molar-refractivity contribution in [1.29, 1.82) is 0 Å². The molecule has 0 aromatic heterocycles. The molecule has 1 atom stereocenters. The fourth-order valence-electron chi connectivity index (χ4n) is 2.50. The van der Waals surface area contributed by atoms with E-state index in [-0.39, 0.29) is 16.7 Å². The minimum Gasteiger partial charge on any atom is -0.494 e. The third-order valence-electron chi connectivity index (χ3n) is 3.49. The van der Waals surface area contributed by atoms with Gasteiger partial charge in [0.1, 0.15) is 0 Å². The normalized spacial score (nSPS) is 20.2. The van der Waals surface area contributed by atoms with E-state index in [1.54, 1.807) is 7.05 Å². The van der Waals surface area contributed by atoms with Gasteiger partial charge in [-0.25, -0.2) is 12.8 Å². The van der Waals surface area contributed by atoms with Gasteiger partial charge in [0.2, 0.25) is 10.0 Å². The molecule has 1 unspecified atom stereocenters. The fraction of sp³-hybridized carbons (Fsp3) is 0.538. The van der Waals surface area contributed by atoms with Gasteiger partial charge in [0, 0.05) is 25.2 Å². The highest BCUT2D eigenvalue weighted by atomic mass is 32.2. The van der Waals surface area contributed by atoms with Crippen LogP contribution in [0.25, 0.3) is 0 Å². The molecular formula is C13H19FN2O3S. The number of halogens is 1. The van der Waals surface area contributed by atoms with Gasteiger partial charge in [-0.3, -0.25) is 0 Å². The lowest BCUT2D eigenvalue weighted by Crippen LogP contribution is -2.40. The molecule has 5 nitrogen and oxygen atoms in total. The molecule has 0 aliphatic carbocycles. The Bertz CT molecular complexity index is 577. The zero-order valence-corrected chi connectivity index (χ0v) is 12.4. The molecule has 7 heteroatoms. The van der Waals surface area contributed by atoms with Gasteiger partial charge in [0.25, 0.3) is 0 Å². The number of nitrogens with zero attached hydrogens (tertiary/aromatic N) is 1. The predicted molar refractivity (Wildman–Crippen MR) is 73.8 cm³/mol. The number of hydrogen-bond donors (Lipinski definition) is 1. The maximum absolute atomic E-state index is 13.4. The van der Waals surface area contributed by atoms with Crippen molar-refractivity contribution in [3.05, 3.63) is 24.0 Å². The summed E-state index contributed by atoms with van der Waals surface area (Å²) in [6.45, 7) is 1.10. The van der Waals surface area contributed by atoms with E-state index < -0.39 is 15.8 Å². The van der Waals surface area contributed by atoms with Crippen LogP contribution in [-0.2, 0) is 10.0 Å². The Kier molecular flexibility index (Phi) is 4.62. The highest BCUT2D eigenvalue weighted by molar-refractivity contribution is 7.89. The highest BCUT2D eigenvalue weighted by Crippen LogP contribution is 2.28. The molecule has 0 saturated carbocycles. The second-order valence-electron chi connectivity index (χ2n) is 4.77. The van der Waals surface area contributed by atoms with Gasteiger partial charge in [0.05, 0.1) is 12.0 Å². The lowest BCUT2D eigenvalue weighted by molar-refractivity contribution is 0.374. The lowest BCUT2D eigenvalue weighted by Gasteiger charge is -2.24. The van der Waals surface area contributed by atoms with Crippen LogP contribution in [0.1, 0.15) is 12.8 Å². The molecule has 0 radical (unpaired) electrons. The Morgan fingerprint density at radius 2 is 2.25 bits per heavy atom. The van der Waals surface area contributed by atoms with Crippen LogP contribution in [0.5, 0.6) is 5.75 Å². The summed E-state index contributed by atoms with van der Waals surface area (Å²) in [5.74, 6) is -0.630. The second-order valence-corrected chi connectivity index (χ2v) is 6.66. The van der Waals surface area contributed by atoms with Crippen molar-refractivity contribution >= 4 is 10.0 Å². The number of hydrogen-bond acceptors (Lipinski definition) is 4. The Hall–Kier alpha value is -1.18. The van der Waals surface area contributed by atoms with Gasteiger partial charge >= 0.3 is 0 Å². The highest BCUT2D eigenvalue weighted by Gasteiger charge is 2.35. The van der Waals surface area contributed by atoms with Gasteiger partial charge < -0.3 is 10.1 Å². The van der Waals surface area contributed by atoms with Gasteiger partial charge in [0.15, 0.2) is 11.6 Å². The summed E-state index contributed by atoms with van der Waals surface area (Å²) < 4.78 is 45.0. The monoisotopic (exact) mass is 302 g/mol. The predicted octanol–water partition coefficient (Wildman–Crippen LogP) is 1.21. The van der Waals surface area contributed by atoms with Crippen LogP contribution in [0.2, 0.25) is 0 Å². The van der Waals surface area contributed by atoms with E-state index in [1.165, 1.54) is 23.5 Å². The summed E-state index contributed by atoms with van der Waals surface area (Å²) in [7, 11) is -0.503. The van der Waals surface area contributed by atoms with E-state index in [4.69, 9.17) is 4.74 Å². The second kappa shape index (κ2) is 6.07. The van der Waals surface area contributed by atoms with Gasteiger partial charge in [-0.1, -0.05) is 0 Å². The molecule has 1 fully saturated rings. The number of nitrogens with one attached hydrogen (secondary N) is 1. The zero-order chi connectivity index (χ0) is 14.8. The number of rotatable bonds is 5. The van der Waals surface area contributed by atoms with Crippen LogP contribution >= 0.6 is 0 Å². The van der Waals surface area contributed by atoms with Crippen LogP contribution < -0.4 is 10.1 Å². The Balaban J connectivity index is 2.34. The summed E-state index contributed by atoms with van der Waals surface area (Å²) in [6, 6.07) is 3.58. The maximum atomic E-state index is 13.4. The van der Waals surface area contributed by atoms with Crippen molar-refractivity contribution in [2.75, 3.05) is 27.2 Å². The first-order chi connectivity index (χ1) is 9.50. The molecule has 1 aliphatic rings. The molecule has 0 bridgehead atoms. The largest absolute Gasteiger partial charge is 0.494 e. The summed E-state index contributed by atoms with van der Waals surface area (Å²) in [5, 5.41) is 3.00. The molecule has 0 amide bonds. The van der Waals surface area contributed by atoms with Crippen LogP contribution in [0, 0.1) is 5.82 Å². The average Bonchev–Trinajstić information content (AvgIpc) is 2.88. The average molecular weight is 302 g/mol. The van der Waals surface area contributed by atoms with E-state index in [0.29, 0.717) is 13.1 Å². The summed E-state index contributed by atoms with van der Waals surface area (Å²) in [5.41, 5.74) is 0. The summed E-state index contributed by atoms with van der Waals surface area (Å²) in [6.07, 6.45) is 1.67. The quantitative estimate of drug-likeness (QED) is 0.888. The van der Waals surface area contributed by atoms with E-state index in [2.05, 4.69) is 5.32 Å². The molecule has 1 heterocycles. The molecule has 2 rings (SSSR count). The maximum Gasteiger partial charge on any atom is 0.243 e.